The zero-order valence-corrected chi connectivity index (χ0v) is 10.6. The molecule has 0 atom stereocenters. The van der Waals surface area contributed by atoms with E-state index < -0.39 is 0 Å². The normalized spacial score (nSPS) is 16.8. The fourth-order valence-corrected chi connectivity index (χ4v) is 2.67. The molecular weight excluding hydrogens is 236 g/mol. The average molecular weight is 254 g/mol. The molecule has 1 saturated heterocycles. The molecule has 94 valence electrons. The number of aliphatic hydroxyl groups is 1. The van der Waals surface area contributed by atoms with Gasteiger partial charge in [-0.1, -0.05) is 6.07 Å². The third-order valence-electron chi connectivity index (χ3n) is 2.93. The first-order valence-electron chi connectivity index (χ1n) is 5.90. The van der Waals surface area contributed by atoms with Crippen molar-refractivity contribution < 1.29 is 9.90 Å². The van der Waals surface area contributed by atoms with Crippen LogP contribution in [0.15, 0.2) is 17.5 Å². The number of rotatable bonds is 6. The molecule has 0 spiro atoms. The molecule has 1 fully saturated rings. The predicted molar refractivity (Wildman–Crippen MR) is 68.0 cm³/mol. The first-order chi connectivity index (χ1) is 8.28. The summed E-state index contributed by atoms with van der Waals surface area (Å²) in [5.74, 6) is 0.451. The largest absolute Gasteiger partial charge is 0.396 e. The van der Waals surface area contributed by atoms with Crippen LogP contribution in [0.25, 0.3) is 0 Å². The van der Waals surface area contributed by atoms with E-state index in [1.807, 2.05) is 11.4 Å². The highest BCUT2D eigenvalue weighted by molar-refractivity contribution is 7.09. The van der Waals surface area contributed by atoms with Gasteiger partial charge >= 0.3 is 0 Å². The third-order valence-corrected chi connectivity index (χ3v) is 3.87. The van der Waals surface area contributed by atoms with Crippen LogP contribution in [0.5, 0.6) is 0 Å². The van der Waals surface area contributed by atoms with Gasteiger partial charge in [-0.3, -0.25) is 9.69 Å². The molecule has 0 unspecified atom stereocenters. The Kier molecular flexibility index (Phi) is 4.53. The molecule has 2 heterocycles. The van der Waals surface area contributed by atoms with Crippen LogP contribution in [-0.2, 0) is 11.2 Å². The number of likely N-dealkylation sites (tertiary alicyclic amines) is 1. The van der Waals surface area contributed by atoms with Gasteiger partial charge in [-0.05, 0) is 17.9 Å². The Bertz CT molecular complexity index is 347. The van der Waals surface area contributed by atoms with Gasteiger partial charge in [-0.25, -0.2) is 0 Å². The number of hydrogen-bond donors (Lipinski definition) is 2. The smallest absolute Gasteiger partial charge is 0.234 e. The Morgan fingerprint density at radius 2 is 2.41 bits per heavy atom. The molecule has 0 radical (unpaired) electrons. The molecule has 1 aliphatic rings. The minimum absolute atomic E-state index is 0.0814. The van der Waals surface area contributed by atoms with Gasteiger partial charge in [-0.2, -0.15) is 0 Å². The van der Waals surface area contributed by atoms with E-state index >= 15 is 0 Å². The third kappa shape index (κ3) is 3.80. The summed E-state index contributed by atoms with van der Waals surface area (Å²) in [5.41, 5.74) is 0. The van der Waals surface area contributed by atoms with E-state index in [2.05, 4.69) is 16.3 Å². The molecule has 4 nitrogen and oxygen atoms in total. The molecular formula is C12H18N2O2S. The zero-order chi connectivity index (χ0) is 12.1. The van der Waals surface area contributed by atoms with Crippen molar-refractivity contribution in [1.29, 1.82) is 0 Å². The standard InChI is InChI=1S/C12H18N2O2S/c15-9-10-6-14(7-10)8-12(16)13-4-3-11-2-1-5-17-11/h1-2,5,10,15H,3-4,6-9H2,(H,13,16). The maximum absolute atomic E-state index is 11.6. The maximum Gasteiger partial charge on any atom is 0.234 e. The van der Waals surface area contributed by atoms with E-state index in [0.717, 1.165) is 19.5 Å². The highest BCUT2D eigenvalue weighted by Gasteiger charge is 2.26. The summed E-state index contributed by atoms with van der Waals surface area (Å²) in [6.07, 6.45) is 0.905. The second kappa shape index (κ2) is 6.14. The molecule has 2 rings (SSSR count). The Morgan fingerprint density at radius 3 is 3.06 bits per heavy atom. The van der Waals surface area contributed by atoms with Gasteiger partial charge in [0, 0.05) is 37.0 Å². The van der Waals surface area contributed by atoms with Crippen LogP contribution in [0.2, 0.25) is 0 Å². The van der Waals surface area contributed by atoms with Crippen molar-refractivity contribution >= 4 is 17.2 Å². The number of nitrogens with one attached hydrogen (secondary N) is 1. The van der Waals surface area contributed by atoms with Crippen molar-refractivity contribution in [2.24, 2.45) is 5.92 Å². The monoisotopic (exact) mass is 254 g/mol. The van der Waals surface area contributed by atoms with Gasteiger partial charge in [-0.15, -0.1) is 11.3 Å². The quantitative estimate of drug-likeness (QED) is 0.769. The summed E-state index contributed by atoms with van der Waals surface area (Å²) >= 11 is 1.72. The fourth-order valence-electron chi connectivity index (χ4n) is 1.96. The maximum atomic E-state index is 11.6. The molecule has 2 N–H and O–H groups in total. The van der Waals surface area contributed by atoms with Crippen molar-refractivity contribution in [3.05, 3.63) is 22.4 Å². The van der Waals surface area contributed by atoms with Crippen LogP contribution in [0, 0.1) is 5.92 Å². The number of hydrogen-bond acceptors (Lipinski definition) is 4. The van der Waals surface area contributed by atoms with Crippen LogP contribution < -0.4 is 5.32 Å². The lowest BCUT2D eigenvalue weighted by Crippen LogP contribution is -2.52. The number of carbonyl (C=O) groups excluding carboxylic acids is 1. The topological polar surface area (TPSA) is 52.6 Å². The van der Waals surface area contributed by atoms with Gasteiger partial charge < -0.3 is 10.4 Å². The Labute approximate surface area is 105 Å². The molecule has 1 aromatic rings. The first-order valence-corrected chi connectivity index (χ1v) is 6.78. The number of aliphatic hydroxyl groups excluding tert-OH is 1. The summed E-state index contributed by atoms with van der Waals surface area (Å²) in [7, 11) is 0. The average Bonchev–Trinajstić information content (AvgIpc) is 2.75. The number of thiophene rings is 1. The van der Waals surface area contributed by atoms with Crippen molar-refractivity contribution in [2.75, 3.05) is 32.8 Å². The van der Waals surface area contributed by atoms with E-state index in [1.165, 1.54) is 4.88 Å². The van der Waals surface area contributed by atoms with Crippen LogP contribution in [0.3, 0.4) is 0 Å². The predicted octanol–water partition coefficient (Wildman–Crippen LogP) is 0.331. The van der Waals surface area contributed by atoms with Crippen LogP contribution >= 0.6 is 11.3 Å². The Balaban J connectivity index is 1.56. The lowest BCUT2D eigenvalue weighted by atomic mass is 10.0. The lowest BCUT2D eigenvalue weighted by Gasteiger charge is -2.37. The van der Waals surface area contributed by atoms with Crippen molar-refractivity contribution in [1.82, 2.24) is 10.2 Å². The van der Waals surface area contributed by atoms with Gasteiger partial charge in [0.25, 0.3) is 0 Å². The minimum atomic E-state index is 0.0814. The summed E-state index contributed by atoms with van der Waals surface area (Å²) in [6.45, 7) is 3.08. The Morgan fingerprint density at radius 1 is 1.59 bits per heavy atom. The molecule has 17 heavy (non-hydrogen) atoms. The van der Waals surface area contributed by atoms with Crippen molar-refractivity contribution in [3.63, 3.8) is 0 Å². The van der Waals surface area contributed by atoms with Crippen LogP contribution in [0.1, 0.15) is 4.88 Å². The molecule has 0 aliphatic carbocycles. The first kappa shape index (κ1) is 12.5. The second-order valence-corrected chi connectivity index (χ2v) is 5.45. The summed E-state index contributed by atoms with van der Waals surface area (Å²) in [6, 6.07) is 4.11. The molecule has 0 saturated carbocycles. The summed E-state index contributed by atoms with van der Waals surface area (Å²) < 4.78 is 0. The zero-order valence-electron chi connectivity index (χ0n) is 9.76. The molecule has 5 heteroatoms. The fraction of sp³-hybridized carbons (Fsp3) is 0.583. The van der Waals surface area contributed by atoms with Crippen molar-refractivity contribution in [3.8, 4) is 0 Å². The van der Waals surface area contributed by atoms with Crippen molar-refractivity contribution in [2.45, 2.75) is 6.42 Å². The minimum Gasteiger partial charge on any atom is -0.396 e. The van der Waals surface area contributed by atoms with Crippen LogP contribution in [0.4, 0.5) is 0 Å². The number of amides is 1. The summed E-state index contributed by atoms with van der Waals surface area (Å²) in [4.78, 5) is 14.9. The highest BCUT2D eigenvalue weighted by Crippen LogP contribution is 2.13. The van der Waals surface area contributed by atoms with E-state index in [-0.39, 0.29) is 12.5 Å². The number of carbonyl (C=O) groups is 1. The highest BCUT2D eigenvalue weighted by atomic mass is 32.1. The molecule has 1 aromatic heterocycles. The summed E-state index contributed by atoms with van der Waals surface area (Å²) in [5, 5.41) is 13.8. The van der Waals surface area contributed by atoms with E-state index in [4.69, 9.17) is 5.11 Å². The van der Waals surface area contributed by atoms with E-state index in [1.54, 1.807) is 11.3 Å². The van der Waals surface area contributed by atoms with E-state index in [9.17, 15) is 4.79 Å². The number of nitrogens with zero attached hydrogens (tertiary/aromatic N) is 1. The van der Waals surface area contributed by atoms with E-state index in [0.29, 0.717) is 19.0 Å². The lowest BCUT2D eigenvalue weighted by molar-refractivity contribution is -0.124. The second-order valence-electron chi connectivity index (χ2n) is 4.42. The molecule has 1 aliphatic heterocycles. The SMILES string of the molecule is O=C(CN1CC(CO)C1)NCCc1cccs1. The van der Waals surface area contributed by atoms with Gasteiger partial charge in [0.1, 0.15) is 0 Å². The molecule has 0 bridgehead atoms. The van der Waals surface area contributed by atoms with Gasteiger partial charge in [0.15, 0.2) is 0 Å². The Hall–Kier alpha value is -0.910. The van der Waals surface area contributed by atoms with Gasteiger partial charge in [0.05, 0.1) is 6.54 Å². The van der Waals surface area contributed by atoms with Gasteiger partial charge in [0.2, 0.25) is 5.91 Å². The molecule has 0 aromatic carbocycles. The molecule has 1 amide bonds. The van der Waals surface area contributed by atoms with Crippen LogP contribution in [-0.4, -0.2) is 48.7 Å².